The maximum atomic E-state index is 12.2. The van der Waals surface area contributed by atoms with Gasteiger partial charge < -0.3 is 5.32 Å². The molecule has 0 aliphatic rings. The Kier molecular flexibility index (Phi) is 6.94. The minimum Gasteiger partial charge on any atom is -0.326 e. The second-order valence-electron chi connectivity index (χ2n) is 7.08. The molecule has 0 aliphatic heterocycles. The number of benzene rings is 1. The van der Waals surface area contributed by atoms with E-state index in [9.17, 15) is 4.79 Å². The lowest BCUT2D eigenvalue weighted by molar-refractivity contribution is -0.117. The van der Waals surface area contributed by atoms with Crippen molar-refractivity contribution in [3.8, 4) is 0 Å². The van der Waals surface area contributed by atoms with Gasteiger partial charge in [-0.1, -0.05) is 59.6 Å². The molecule has 0 radical (unpaired) electrons. The Labute approximate surface area is 130 Å². The fourth-order valence-corrected chi connectivity index (χ4v) is 2.58. The molecule has 1 aromatic rings. The molecule has 0 aliphatic carbocycles. The van der Waals surface area contributed by atoms with E-state index in [2.05, 4.69) is 52.1 Å². The number of hydrogen-bond acceptors (Lipinski definition) is 1. The number of rotatable bonds is 7. The summed E-state index contributed by atoms with van der Waals surface area (Å²) in [5, 5.41) is 3.14. The van der Waals surface area contributed by atoms with Crippen molar-refractivity contribution < 1.29 is 4.79 Å². The highest BCUT2D eigenvalue weighted by atomic mass is 16.1. The van der Waals surface area contributed by atoms with Gasteiger partial charge in [0.2, 0.25) is 5.91 Å². The van der Waals surface area contributed by atoms with Crippen LogP contribution in [0.5, 0.6) is 0 Å². The molecule has 2 nitrogen and oxygen atoms in total. The van der Waals surface area contributed by atoms with Crippen molar-refractivity contribution in [2.24, 2.45) is 5.41 Å². The van der Waals surface area contributed by atoms with Crippen LogP contribution in [0.25, 0.3) is 0 Å². The average molecular weight is 289 g/mol. The van der Waals surface area contributed by atoms with E-state index in [1.165, 1.54) is 24.0 Å². The molecule has 1 rings (SSSR count). The van der Waals surface area contributed by atoms with Crippen LogP contribution in [0.3, 0.4) is 0 Å². The van der Waals surface area contributed by atoms with Gasteiger partial charge in [-0.25, -0.2) is 0 Å². The van der Waals surface area contributed by atoms with Crippen LogP contribution in [0, 0.1) is 5.41 Å². The molecule has 0 aromatic heterocycles. The molecule has 1 aromatic carbocycles. The summed E-state index contributed by atoms with van der Waals surface area (Å²) in [6.07, 6.45) is 6.18. The first kappa shape index (κ1) is 17.7. The fraction of sp³-hybridized carbons (Fsp3) is 0.632. The highest BCUT2D eigenvalue weighted by molar-refractivity contribution is 5.92. The average Bonchev–Trinajstić information content (AvgIpc) is 2.36. The molecule has 0 fully saturated rings. The number of nitrogens with one attached hydrogen (secondary N) is 1. The monoisotopic (exact) mass is 289 g/mol. The minimum absolute atomic E-state index is 0.0225. The molecule has 2 heteroatoms. The Bertz CT molecular complexity index is 457. The summed E-state index contributed by atoms with van der Waals surface area (Å²) in [5.74, 6) is 0.119. The van der Waals surface area contributed by atoms with Crippen LogP contribution >= 0.6 is 0 Å². The summed E-state index contributed by atoms with van der Waals surface area (Å²) in [6.45, 7) is 10.7. The number of aryl methyl sites for hydroxylation is 1. The smallest absolute Gasteiger partial charge is 0.224 e. The van der Waals surface area contributed by atoms with Crippen molar-refractivity contribution in [2.75, 3.05) is 5.32 Å². The highest BCUT2D eigenvalue weighted by Gasteiger charge is 2.17. The van der Waals surface area contributed by atoms with Gasteiger partial charge in [-0.3, -0.25) is 4.79 Å². The van der Waals surface area contributed by atoms with Gasteiger partial charge in [-0.2, -0.15) is 0 Å². The van der Waals surface area contributed by atoms with E-state index in [-0.39, 0.29) is 11.3 Å². The van der Waals surface area contributed by atoms with Crippen LogP contribution in [-0.2, 0) is 17.6 Å². The molecule has 21 heavy (non-hydrogen) atoms. The van der Waals surface area contributed by atoms with Crippen molar-refractivity contribution in [3.63, 3.8) is 0 Å². The van der Waals surface area contributed by atoms with Gasteiger partial charge >= 0.3 is 0 Å². The SMILES string of the molecule is CCCCc1c(CCC)cccc1NC(=O)CC(C)(C)C. The standard InChI is InChI=1S/C19H31NO/c1-6-8-12-16-15(10-7-2)11-9-13-17(16)20-18(21)14-19(3,4)5/h9,11,13H,6-8,10,12,14H2,1-5H3,(H,20,21). The molecule has 118 valence electrons. The van der Waals surface area contributed by atoms with E-state index >= 15 is 0 Å². The zero-order chi connectivity index (χ0) is 15.9. The maximum Gasteiger partial charge on any atom is 0.224 e. The molecule has 0 saturated heterocycles. The lowest BCUT2D eigenvalue weighted by atomic mass is 9.91. The second kappa shape index (κ2) is 8.21. The summed E-state index contributed by atoms with van der Waals surface area (Å²) in [7, 11) is 0. The maximum absolute atomic E-state index is 12.2. The van der Waals surface area contributed by atoms with E-state index in [4.69, 9.17) is 0 Å². The van der Waals surface area contributed by atoms with Gasteiger partial charge in [0.05, 0.1) is 0 Å². The molecule has 0 spiro atoms. The number of anilines is 1. The third-order valence-corrected chi connectivity index (χ3v) is 3.54. The van der Waals surface area contributed by atoms with Gasteiger partial charge in [-0.15, -0.1) is 0 Å². The molecular weight excluding hydrogens is 258 g/mol. The lowest BCUT2D eigenvalue weighted by Gasteiger charge is -2.19. The summed E-state index contributed by atoms with van der Waals surface area (Å²) in [4.78, 5) is 12.2. The van der Waals surface area contributed by atoms with Gasteiger partial charge in [0, 0.05) is 12.1 Å². The molecule has 1 N–H and O–H groups in total. The number of carbonyl (C=O) groups is 1. The summed E-state index contributed by atoms with van der Waals surface area (Å²) >= 11 is 0. The molecule has 0 heterocycles. The minimum atomic E-state index is 0.0225. The third-order valence-electron chi connectivity index (χ3n) is 3.54. The van der Waals surface area contributed by atoms with Crippen molar-refractivity contribution in [3.05, 3.63) is 29.3 Å². The predicted octanol–water partition coefficient (Wildman–Crippen LogP) is 5.36. The van der Waals surface area contributed by atoms with Crippen molar-refractivity contribution in [1.29, 1.82) is 0 Å². The highest BCUT2D eigenvalue weighted by Crippen LogP contribution is 2.25. The summed E-state index contributed by atoms with van der Waals surface area (Å²) in [5.41, 5.74) is 3.76. The number of amides is 1. The van der Waals surface area contributed by atoms with Crippen LogP contribution in [0.1, 0.15) is 71.4 Å². The Morgan fingerprint density at radius 2 is 1.81 bits per heavy atom. The van der Waals surface area contributed by atoms with Crippen molar-refractivity contribution in [1.82, 2.24) is 0 Å². The van der Waals surface area contributed by atoms with Crippen LogP contribution < -0.4 is 5.32 Å². The van der Waals surface area contributed by atoms with Gasteiger partial charge in [-0.05, 0) is 41.9 Å². The van der Waals surface area contributed by atoms with Gasteiger partial charge in [0.15, 0.2) is 0 Å². The molecule has 0 atom stereocenters. The number of unbranched alkanes of at least 4 members (excludes halogenated alkanes) is 1. The zero-order valence-corrected chi connectivity index (χ0v) is 14.4. The summed E-state index contributed by atoms with van der Waals surface area (Å²) in [6, 6.07) is 6.31. The van der Waals surface area contributed by atoms with Crippen molar-refractivity contribution >= 4 is 11.6 Å². The first-order chi connectivity index (χ1) is 9.87. The van der Waals surface area contributed by atoms with Crippen LogP contribution in [-0.4, -0.2) is 5.91 Å². The van der Waals surface area contributed by atoms with E-state index in [0.29, 0.717) is 6.42 Å². The van der Waals surface area contributed by atoms with E-state index in [0.717, 1.165) is 24.9 Å². The molecule has 1 amide bonds. The van der Waals surface area contributed by atoms with Crippen LogP contribution in [0.15, 0.2) is 18.2 Å². The Morgan fingerprint density at radius 3 is 2.38 bits per heavy atom. The van der Waals surface area contributed by atoms with Crippen LogP contribution in [0.4, 0.5) is 5.69 Å². The van der Waals surface area contributed by atoms with E-state index < -0.39 is 0 Å². The van der Waals surface area contributed by atoms with Crippen molar-refractivity contribution in [2.45, 2.75) is 73.1 Å². The number of hydrogen-bond donors (Lipinski definition) is 1. The largest absolute Gasteiger partial charge is 0.326 e. The predicted molar refractivity (Wildman–Crippen MR) is 91.8 cm³/mol. The lowest BCUT2D eigenvalue weighted by Crippen LogP contribution is -2.20. The first-order valence-corrected chi connectivity index (χ1v) is 8.28. The molecular formula is C19H31NO. The fourth-order valence-electron chi connectivity index (χ4n) is 2.58. The zero-order valence-electron chi connectivity index (χ0n) is 14.4. The van der Waals surface area contributed by atoms with Crippen LogP contribution in [0.2, 0.25) is 0 Å². The third kappa shape index (κ3) is 6.33. The topological polar surface area (TPSA) is 29.1 Å². The quantitative estimate of drug-likeness (QED) is 0.719. The van der Waals surface area contributed by atoms with E-state index in [1.807, 2.05) is 6.07 Å². The molecule has 0 unspecified atom stereocenters. The Hall–Kier alpha value is -1.31. The normalized spacial score (nSPS) is 11.5. The Balaban J connectivity index is 2.93. The second-order valence-corrected chi connectivity index (χ2v) is 7.08. The molecule has 0 bridgehead atoms. The van der Waals surface area contributed by atoms with E-state index in [1.54, 1.807) is 0 Å². The molecule has 0 saturated carbocycles. The van der Waals surface area contributed by atoms with Gasteiger partial charge in [0.25, 0.3) is 0 Å². The first-order valence-electron chi connectivity index (χ1n) is 8.28. The number of carbonyl (C=O) groups excluding carboxylic acids is 1. The van der Waals surface area contributed by atoms with Gasteiger partial charge in [0.1, 0.15) is 0 Å². The summed E-state index contributed by atoms with van der Waals surface area (Å²) < 4.78 is 0. The Morgan fingerprint density at radius 1 is 1.10 bits per heavy atom.